The van der Waals surface area contributed by atoms with Gasteiger partial charge in [0.2, 0.25) is 0 Å². The molecule has 164 valence electrons. The quantitative estimate of drug-likeness (QED) is 0.587. The number of benzene rings is 2. The lowest BCUT2D eigenvalue weighted by Gasteiger charge is -2.38. The average Bonchev–Trinajstić information content (AvgIpc) is 3.04. The van der Waals surface area contributed by atoms with E-state index in [1.165, 1.54) is 0 Å². The number of aliphatic carboxylic acids is 1. The van der Waals surface area contributed by atoms with E-state index < -0.39 is 24.5 Å². The zero-order chi connectivity index (χ0) is 21.7. The van der Waals surface area contributed by atoms with Gasteiger partial charge in [0, 0.05) is 17.5 Å². The second-order valence-electron chi connectivity index (χ2n) is 8.81. The summed E-state index contributed by atoms with van der Waals surface area (Å²) in [5.41, 5.74) is 2.55. The molecule has 5 rings (SSSR count). The van der Waals surface area contributed by atoms with Crippen LogP contribution in [0.15, 0.2) is 30.3 Å². The molecule has 0 saturated carbocycles. The number of carbonyl (C=O) groups excluding carboxylic acids is 1. The van der Waals surface area contributed by atoms with E-state index in [0.717, 1.165) is 35.1 Å². The van der Waals surface area contributed by atoms with Gasteiger partial charge < -0.3 is 20.2 Å². The highest BCUT2D eigenvalue weighted by Crippen LogP contribution is 2.41. The molecule has 3 unspecified atom stereocenters. The Labute approximate surface area is 180 Å². The minimum absolute atomic E-state index is 0.123. The summed E-state index contributed by atoms with van der Waals surface area (Å²) in [4.78, 5) is 28.4. The number of piperidine rings is 2. The number of hydrogen-bond donors (Lipinski definition) is 4. The Morgan fingerprint density at radius 3 is 2.55 bits per heavy atom. The maximum atomic E-state index is 13.3. The van der Waals surface area contributed by atoms with Gasteiger partial charge in [0.15, 0.2) is 0 Å². The van der Waals surface area contributed by atoms with Crippen molar-refractivity contribution in [2.24, 2.45) is 5.92 Å². The maximum Gasteiger partial charge on any atom is 0.306 e. The fraction of sp³-hybridized carbons (Fsp3) is 0.478. The Kier molecular flexibility index (Phi) is 5.18. The molecule has 0 spiro atoms. The molecule has 8 nitrogen and oxygen atoms in total. The van der Waals surface area contributed by atoms with Crippen LogP contribution in [0.25, 0.3) is 10.8 Å². The molecule has 2 aromatic rings. The van der Waals surface area contributed by atoms with Gasteiger partial charge in [0.05, 0.1) is 17.6 Å². The summed E-state index contributed by atoms with van der Waals surface area (Å²) in [6.45, 7) is 2.20. The van der Waals surface area contributed by atoms with E-state index in [-0.39, 0.29) is 11.8 Å². The Hall–Kier alpha value is -2.52. The summed E-state index contributed by atoms with van der Waals surface area (Å²) in [6, 6.07) is 9.29. The molecule has 3 heterocycles. The van der Waals surface area contributed by atoms with Crippen molar-refractivity contribution in [1.82, 2.24) is 10.2 Å². The Morgan fingerprint density at radius 1 is 1.06 bits per heavy atom. The lowest BCUT2D eigenvalue weighted by molar-refractivity contribution is -0.143. The van der Waals surface area contributed by atoms with Crippen LogP contribution in [0.4, 0.5) is 5.69 Å². The van der Waals surface area contributed by atoms with Crippen LogP contribution < -0.4 is 10.2 Å². The predicted octanol–water partition coefficient (Wildman–Crippen LogP) is 1.49. The van der Waals surface area contributed by atoms with Crippen LogP contribution in [0.3, 0.4) is 0 Å². The summed E-state index contributed by atoms with van der Waals surface area (Å²) in [5, 5.41) is 34.1. The van der Waals surface area contributed by atoms with E-state index >= 15 is 0 Å². The van der Waals surface area contributed by atoms with Gasteiger partial charge in [0.25, 0.3) is 5.91 Å². The molecule has 3 aliphatic rings. The van der Waals surface area contributed by atoms with Crippen molar-refractivity contribution < 1.29 is 24.9 Å². The van der Waals surface area contributed by atoms with Crippen molar-refractivity contribution in [3.63, 3.8) is 0 Å². The second kappa shape index (κ2) is 7.87. The van der Waals surface area contributed by atoms with Crippen molar-refractivity contribution in [2.75, 3.05) is 18.0 Å². The summed E-state index contributed by atoms with van der Waals surface area (Å²) in [6.07, 6.45) is 0.528. The van der Waals surface area contributed by atoms with Crippen LogP contribution in [0.1, 0.15) is 41.6 Å². The number of likely N-dealkylation sites (tertiary alicyclic amines) is 1. The first kappa shape index (κ1) is 20.4. The van der Waals surface area contributed by atoms with E-state index in [1.807, 2.05) is 30.3 Å². The molecule has 1 amide bonds. The number of rotatable bonds is 4. The highest BCUT2D eigenvalue weighted by atomic mass is 16.4. The summed E-state index contributed by atoms with van der Waals surface area (Å²) in [5.74, 6) is -1.10. The number of nitrogens with zero attached hydrogens (tertiary/aromatic N) is 2. The van der Waals surface area contributed by atoms with Crippen LogP contribution >= 0.6 is 0 Å². The molecule has 2 aromatic carbocycles. The molecule has 8 heteroatoms. The van der Waals surface area contributed by atoms with Gasteiger partial charge in [-0.05, 0) is 61.9 Å². The molecule has 3 atom stereocenters. The highest BCUT2D eigenvalue weighted by Gasteiger charge is 2.40. The number of carbonyl (C=O) groups is 2. The number of carboxylic acids is 1. The van der Waals surface area contributed by atoms with Gasteiger partial charge in [-0.3, -0.25) is 19.8 Å². The average molecular weight is 425 g/mol. The van der Waals surface area contributed by atoms with Crippen LogP contribution in [0, 0.1) is 5.92 Å². The lowest BCUT2D eigenvalue weighted by Crippen LogP contribution is -2.57. The van der Waals surface area contributed by atoms with Crippen LogP contribution in [0.2, 0.25) is 0 Å². The fourth-order valence-electron chi connectivity index (χ4n) is 5.26. The number of carboxylic acid groups (broad SMARTS) is 1. The minimum Gasteiger partial charge on any atom is -0.481 e. The topological polar surface area (TPSA) is 113 Å². The number of aliphatic hydroxyl groups excluding tert-OH is 2. The zero-order valence-electron chi connectivity index (χ0n) is 17.2. The van der Waals surface area contributed by atoms with Crippen molar-refractivity contribution >= 4 is 28.3 Å². The SMILES string of the molecule is O=C(O)C1CCN(Cc2ccc3c4c(cccc24)C(=O)N3C2CCC(O)NC2O)CC1. The molecular weight excluding hydrogens is 398 g/mol. The standard InChI is InChI=1S/C23H27N3O5/c27-19-7-6-18(21(28)24-19)26-17-5-4-14(12-25-10-8-13(9-11-25)23(30)31)15-2-1-3-16(20(15)17)22(26)29/h1-5,13,18-19,21,24,27-28H,6-12H2,(H,30,31). The van der Waals surface area contributed by atoms with Crippen molar-refractivity contribution in [3.8, 4) is 0 Å². The lowest BCUT2D eigenvalue weighted by atomic mass is 9.95. The normalized spacial score (nSPS) is 27.2. The zero-order valence-corrected chi connectivity index (χ0v) is 17.2. The summed E-state index contributed by atoms with van der Waals surface area (Å²) < 4.78 is 0. The van der Waals surface area contributed by atoms with Crippen LogP contribution in [-0.2, 0) is 11.3 Å². The molecule has 2 saturated heterocycles. The van der Waals surface area contributed by atoms with Gasteiger partial charge in [-0.1, -0.05) is 18.2 Å². The van der Waals surface area contributed by atoms with Crippen molar-refractivity contribution in [3.05, 3.63) is 41.5 Å². The fourth-order valence-corrected chi connectivity index (χ4v) is 5.26. The molecular formula is C23H27N3O5. The molecule has 31 heavy (non-hydrogen) atoms. The number of anilines is 1. The van der Waals surface area contributed by atoms with E-state index in [4.69, 9.17) is 0 Å². The van der Waals surface area contributed by atoms with Gasteiger partial charge in [-0.15, -0.1) is 0 Å². The molecule has 4 N–H and O–H groups in total. The third-order valence-electron chi connectivity index (χ3n) is 6.94. The first-order chi connectivity index (χ1) is 14.9. The predicted molar refractivity (Wildman–Crippen MR) is 115 cm³/mol. The van der Waals surface area contributed by atoms with E-state index in [9.17, 15) is 24.9 Å². The number of aliphatic hydroxyl groups is 2. The maximum absolute atomic E-state index is 13.3. The van der Waals surface area contributed by atoms with Crippen molar-refractivity contribution in [2.45, 2.75) is 50.7 Å². The third-order valence-corrected chi connectivity index (χ3v) is 6.94. The van der Waals surface area contributed by atoms with E-state index in [1.54, 1.807) is 4.90 Å². The first-order valence-corrected chi connectivity index (χ1v) is 10.9. The summed E-state index contributed by atoms with van der Waals surface area (Å²) in [7, 11) is 0. The second-order valence-corrected chi connectivity index (χ2v) is 8.81. The monoisotopic (exact) mass is 425 g/mol. The van der Waals surface area contributed by atoms with Crippen molar-refractivity contribution in [1.29, 1.82) is 0 Å². The van der Waals surface area contributed by atoms with E-state index in [2.05, 4.69) is 10.2 Å². The molecule has 2 fully saturated rings. The van der Waals surface area contributed by atoms with Gasteiger partial charge in [0.1, 0.15) is 12.5 Å². The molecule has 0 aliphatic carbocycles. The molecule has 0 radical (unpaired) electrons. The Bertz CT molecular complexity index is 1030. The van der Waals surface area contributed by atoms with Crippen LogP contribution in [0.5, 0.6) is 0 Å². The number of amides is 1. The van der Waals surface area contributed by atoms with Gasteiger partial charge >= 0.3 is 5.97 Å². The highest BCUT2D eigenvalue weighted by molar-refractivity contribution is 6.25. The number of nitrogens with one attached hydrogen (secondary N) is 1. The van der Waals surface area contributed by atoms with E-state index in [0.29, 0.717) is 37.8 Å². The smallest absolute Gasteiger partial charge is 0.306 e. The Morgan fingerprint density at radius 2 is 1.84 bits per heavy atom. The first-order valence-electron chi connectivity index (χ1n) is 10.9. The Balaban J connectivity index is 1.44. The molecule has 3 aliphatic heterocycles. The number of hydrogen-bond acceptors (Lipinski definition) is 6. The summed E-state index contributed by atoms with van der Waals surface area (Å²) >= 11 is 0. The van der Waals surface area contributed by atoms with Gasteiger partial charge in [-0.2, -0.15) is 0 Å². The molecule has 0 bridgehead atoms. The van der Waals surface area contributed by atoms with Crippen LogP contribution in [-0.4, -0.2) is 63.7 Å². The minimum atomic E-state index is -0.993. The molecule has 0 aromatic heterocycles. The van der Waals surface area contributed by atoms with Gasteiger partial charge in [-0.25, -0.2) is 0 Å². The third kappa shape index (κ3) is 3.49. The largest absolute Gasteiger partial charge is 0.481 e.